The quantitative estimate of drug-likeness (QED) is 0.941. The van der Waals surface area contributed by atoms with Crippen LogP contribution in [0.5, 0.6) is 23.0 Å². The van der Waals surface area contributed by atoms with Gasteiger partial charge in [-0.05, 0) is 36.8 Å². The second-order valence-corrected chi connectivity index (χ2v) is 5.34. The molecule has 0 aromatic heterocycles. The molecule has 0 radical (unpaired) electrons. The second-order valence-electron chi connectivity index (χ2n) is 5.34. The lowest BCUT2D eigenvalue weighted by molar-refractivity contribution is 0.171. The number of benzene rings is 2. The second kappa shape index (κ2) is 5.33. The van der Waals surface area contributed by atoms with E-state index in [0.29, 0.717) is 20.0 Å². The largest absolute Gasteiger partial charge is 0.486 e. The van der Waals surface area contributed by atoms with Crippen molar-refractivity contribution in [3.63, 3.8) is 0 Å². The van der Waals surface area contributed by atoms with Gasteiger partial charge in [-0.3, -0.25) is 0 Å². The number of nitrogens with one attached hydrogen (secondary N) is 1. The number of fused-ring (bicyclic) bond motifs is 2. The van der Waals surface area contributed by atoms with Crippen molar-refractivity contribution in [2.75, 3.05) is 25.3 Å². The van der Waals surface area contributed by atoms with Gasteiger partial charge in [0.1, 0.15) is 13.2 Å². The van der Waals surface area contributed by atoms with Crippen molar-refractivity contribution >= 4 is 5.69 Å². The molecule has 2 heterocycles. The molecule has 0 saturated heterocycles. The van der Waals surface area contributed by atoms with Crippen LogP contribution < -0.4 is 24.3 Å². The molecule has 1 N–H and O–H groups in total. The summed E-state index contributed by atoms with van der Waals surface area (Å²) in [6, 6.07) is 12.0. The highest BCUT2D eigenvalue weighted by Gasteiger charge is 2.17. The molecule has 0 saturated carbocycles. The van der Waals surface area contributed by atoms with Crippen LogP contribution in [0.15, 0.2) is 36.4 Å². The van der Waals surface area contributed by atoms with Gasteiger partial charge in [-0.2, -0.15) is 0 Å². The number of ether oxygens (including phenoxy) is 4. The van der Waals surface area contributed by atoms with Gasteiger partial charge >= 0.3 is 0 Å². The fourth-order valence-electron chi connectivity index (χ4n) is 2.65. The van der Waals surface area contributed by atoms with Crippen LogP contribution >= 0.6 is 0 Å². The monoisotopic (exact) mass is 299 g/mol. The van der Waals surface area contributed by atoms with E-state index in [4.69, 9.17) is 18.9 Å². The van der Waals surface area contributed by atoms with Crippen LogP contribution in [0.25, 0.3) is 0 Å². The summed E-state index contributed by atoms with van der Waals surface area (Å²) in [5.41, 5.74) is 2.13. The minimum Gasteiger partial charge on any atom is -0.486 e. The molecule has 1 atom stereocenters. The minimum absolute atomic E-state index is 0.136. The first-order valence-electron chi connectivity index (χ1n) is 7.35. The normalized spacial score (nSPS) is 16.2. The van der Waals surface area contributed by atoms with Gasteiger partial charge in [-0.25, -0.2) is 0 Å². The Labute approximate surface area is 128 Å². The maximum atomic E-state index is 5.61. The molecule has 1 unspecified atom stereocenters. The summed E-state index contributed by atoms with van der Waals surface area (Å²) in [6.45, 7) is 3.60. The molecular weight excluding hydrogens is 282 g/mol. The zero-order valence-corrected chi connectivity index (χ0v) is 12.3. The fraction of sp³-hybridized carbons (Fsp3) is 0.294. The maximum absolute atomic E-state index is 5.61. The Bertz CT molecular complexity index is 701. The Morgan fingerprint density at radius 2 is 1.50 bits per heavy atom. The van der Waals surface area contributed by atoms with E-state index in [1.54, 1.807) is 0 Å². The summed E-state index contributed by atoms with van der Waals surface area (Å²) in [5, 5.41) is 3.47. The molecule has 22 heavy (non-hydrogen) atoms. The molecule has 0 fully saturated rings. The highest BCUT2D eigenvalue weighted by Crippen LogP contribution is 2.36. The summed E-state index contributed by atoms with van der Waals surface area (Å²) in [6.07, 6.45) is 0. The molecule has 2 aromatic rings. The van der Waals surface area contributed by atoms with Crippen molar-refractivity contribution in [3.05, 3.63) is 42.0 Å². The van der Waals surface area contributed by atoms with Gasteiger partial charge in [0.25, 0.3) is 0 Å². The minimum atomic E-state index is 0.136. The van der Waals surface area contributed by atoms with Crippen molar-refractivity contribution in [1.82, 2.24) is 0 Å². The lowest BCUT2D eigenvalue weighted by Crippen LogP contribution is -2.15. The predicted octanol–water partition coefficient (Wildman–Crippen LogP) is 3.36. The average Bonchev–Trinajstić information content (AvgIpc) is 3.02. The van der Waals surface area contributed by atoms with E-state index in [9.17, 15) is 0 Å². The Hall–Kier alpha value is -2.56. The van der Waals surface area contributed by atoms with Crippen molar-refractivity contribution < 1.29 is 18.9 Å². The summed E-state index contributed by atoms with van der Waals surface area (Å²) in [7, 11) is 0. The van der Waals surface area contributed by atoms with E-state index in [1.165, 1.54) is 0 Å². The molecule has 114 valence electrons. The third-order valence-corrected chi connectivity index (χ3v) is 3.82. The van der Waals surface area contributed by atoms with E-state index < -0.39 is 0 Å². The van der Waals surface area contributed by atoms with Gasteiger partial charge in [0.15, 0.2) is 23.0 Å². The van der Waals surface area contributed by atoms with E-state index >= 15 is 0 Å². The lowest BCUT2D eigenvalue weighted by Gasteiger charge is -2.21. The molecule has 5 heteroatoms. The van der Waals surface area contributed by atoms with E-state index in [0.717, 1.165) is 34.2 Å². The van der Waals surface area contributed by atoms with Crippen LogP contribution in [0, 0.1) is 0 Å². The molecule has 2 aliphatic heterocycles. The summed E-state index contributed by atoms with van der Waals surface area (Å²) < 4.78 is 21.9. The first-order chi connectivity index (χ1) is 10.8. The molecule has 2 aliphatic rings. The van der Waals surface area contributed by atoms with Crippen molar-refractivity contribution in [1.29, 1.82) is 0 Å². The number of hydrogen-bond donors (Lipinski definition) is 1. The third kappa shape index (κ3) is 2.39. The van der Waals surface area contributed by atoms with Crippen LogP contribution in [-0.4, -0.2) is 20.0 Å². The molecule has 5 nitrogen and oxygen atoms in total. The predicted molar refractivity (Wildman–Crippen MR) is 82.0 cm³/mol. The standard InChI is InChI=1S/C17H17NO4/c1-11(12-2-4-15-16(8-12)22-10-21-15)18-13-3-5-14-17(9-13)20-7-6-19-14/h2-5,8-9,11,18H,6-7,10H2,1H3. The number of anilines is 1. The Balaban J connectivity index is 1.53. The molecule has 0 spiro atoms. The van der Waals surface area contributed by atoms with Gasteiger partial charge in [0, 0.05) is 17.8 Å². The van der Waals surface area contributed by atoms with Crippen molar-refractivity contribution in [2.45, 2.75) is 13.0 Å². The highest BCUT2D eigenvalue weighted by atomic mass is 16.7. The van der Waals surface area contributed by atoms with E-state index in [-0.39, 0.29) is 6.04 Å². The summed E-state index contributed by atoms with van der Waals surface area (Å²) >= 11 is 0. The van der Waals surface area contributed by atoms with Crippen molar-refractivity contribution in [3.8, 4) is 23.0 Å². The van der Waals surface area contributed by atoms with Gasteiger partial charge in [0.2, 0.25) is 6.79 Å². The zero-order chi connectivity index (χ0) is 14.9. The first kappa shape index (κ1) is 13.1. The molecular formula is C17H17NO4. The summed E-state index contributed by atoms with van der Waals surface area (Å²) in [4.78, 5) is 0. The SMILES string of the molecule is CC(Nc1ccc2c(c1)OCCO2)c1ccc2c(c1)OCO2. The van der Waals surface area contributed by atoms with Crippen LogP contribution in [0.1, 0.15) is 18.5 Å². The fourth-order valence-corrected chi connectivity index (χ4v) is 2.65. The molecule has 0 bridgehead atoms. The molecule has 2 aromatic carbocycles. The molecule has 4 rings (SSSR count). The van der Waals surface area contributed by atoms with E-state index in [2.05, 4.69) is 12.2 Å². The Morgan fingerprint density at radius 1 is 0.818 bits per heavy atom. The maximum Gasteiger partial charge on any atom is 0.231 e. The first-order valence-corrected chi connectivity index (χ1v) is 7.35. The Kier molecular flexibility index (Phi) is 3.18. The highest BCUT2D eigenvalue weighted by molar-refractivity contribution is 5.56. The topological polar surface area (TPSA) is 49.0 Å². The smallest absolute Gasteiger partial charge is 0.231 e. The van der Waals surface area contributed by atoms with Gasteiger partial charge in [0.05, 0.1) is 0 Å². The lowest BCUT2D eigenvalue weighted by atomic mass is 10.1. The molecule has 0 aliphatic carbocycles. The zero-order valence-electron chi connectivity index (χ0n) is 12.3. The van der Waals surface area contributed by atoms with Gasteiger partial charge < -0.3 is 24.3 Å². The number of hydrogen-bond acceptors (Lipinski definition) is 5. The third-order valence-electron chi connectivity index (χ3n) is 3.82. The summed E-state index contributed by atoms with van der Waals surface area (Å²) in [5.74, 6) is 3.19. The van der Waals surface area contributed by atoms with Crippen LogP contribution in [0.4, 0.5) is 5.69 Å². The van der Waals surface area contributed by atoms with E-state index in [1.807, 2.05) is 36.4 Å². The Morgan fingerprint density at radius 3 is 2.41 bits per heavy atom. The van der Waals surface area contributed by atoms with Crippen LogP contribution in [-0.2, 0) is 0 Å². The van der Waals surface area contributed by atoms with Gasteiger partial charge in [-0.1, -0.05) is 6.07 Å². The van der Waals surface area contributed by atoms with Gasteiger partial charge in [-0.15, -0.1) is 0 Å². The van der Waals surface area contributed by atoms with Crippen molar-refractivity contribution in [2.24, 2.45) is 0 Å². The van der Waals surface area contributed by atoms with Crippen LogP contribution in [0.2, 0.25) is 0 Å². The average molecular weight is 299 g/mol. The van der Waals surface area contributed by atoms with Crippen LogP contribution in [0.3, 0.4) is 0 Å². The molecule has 0 amide bonds. The number of rotatable bonds is 3.